The number of alkyl halides is 2. The molecule has 1 saturated carbocycles. The Labute approximate surface area is 189 Å². The quantitative estimate of drug-likeness (QED) is 0.454. The molecular weight excluding hydrogens is 435 g/mol. The van der Waals surface area contributed by atoms with E-state index in [1.54, 1.807) is 49.5 Å². The topological polar surface area (TPSA) is 49.7 Å². The van der Waals surface area contributed by atoms with Gasteiger partial charge in [-0.2, -0.15) is 0 Å². The minimum atomic E-state index is -2.62. The number of hydrogen-bond acceptors (Lipinski definition) is 4. The molecule has 0 saturated heterocycles. The largest absolute Gasteiger partial charge is 0.493 e. The normalized spacial score (nSPS) is 16.0. The molecule has 1 fully saturated rings. The number of rotatable bonds is 8. The molecule has 4 rings (SSSR count). The molecule has 0 aliphatic heterocycles. The number of aromatic nitrogens is 1. The SMILES string of the molecule is COc1cc(-n2ccc(OCc3ccc(F)cc3)cc2=O)ccc1OCC1(C)CC(F)(F)C1. The third kappa shape index (κ3) is 5.32. The van der Waals surface area contributed by atoms with E-state index < -0.39 is 11.3 Å². The van der Waals surface area contributed by atoms with Gasteiger partial charge in [0.1, 0.15) is 18.2 Å². The smallest absolute Gasteiger partial charge is 0.258 e. The van der Waals surface area contributed by atoms with Crippen molar-refractivity contribution in [2.45, 2.75) is 32.3 Å². The zero-order valence-corrected chi connectivity index (χ0v) is 18.3. The Kier molecular flexibility index (Phi) is 6.10. The number of pyridine rings is 1. The van der Waals surface area contributed by atoms with E-state index >= 15 is 0 Å². The Morgan fingerprint density at radius 1 is 0.970 bits per heavy atom. The van der Waals surface area contributed by atoms with E-state index in [1.807, 2.05) is 0 Å². The van der Waals surface area contributed by atoms with Gasteiger partial charge < -0.3 is 14.2 Å². The third-order valence-corrected chi connectivity index (χ3v) is 5.58. The van der Waals surface area contributed by atoms with Crippen LogP contribution >= 0.6 is 0 Å². The van der Waals surface area contributed by atoms with Crippen molar-refractivity contribution in [1.29, 1.82) is 0 Å². The van der Waals surface area contributed by atoms with Gasteiger partial charge in [0.2, 0.25) is 5.92 Å². The molecule has 3 aromatic rings. The van der Waals surface area contributed by atoms with E-state index in [0.717, 1.165) is 5.56 Å². The number of hydrogen-bond donors (Lipinski definition) is 0. The van der Waals surface area contributed by atoms with Gasteiger partial charge in [0, 0.05) is 36.6 Å². The van der Waals surface area contributed by atoms with Gasteiger partial charge in [-0.3, -0.25) is 9.36 Å². The van der Waals surface area contributed by atoms with E-state index in [0.29, 0.717) is 22.9 Å². The number of halogens is 3. The highest BCUT2D eigenvalue weighted by atomic mass is 19.3. The molecule has 1 aromatic heterocycles. The summed E-state index contributed by atoms with van der Waals surface area (Å²) in [6, 6.07) is 13.9. The highest BCUT2D eigenvalue weighted by Gasteiger charge is 2.54. The van der Waals surface area contributed by atoms with Gasteiger partial charge in [0.15, 0.2) is 11.5 Å². The van der Waals surface area contributed by atoms with Crippen LogP contribution in [0.15, 0.2) is 65.6 Å². The summed E-state index contributed by atoms with van der Waals surface area (Å²) in [7, 11) is 1.47. The molecule has 8 heteroatoms. The van der Waals surface area contributed by atoms with Crippen LogP contribution in [-0.4, -0.2) is 24.2 Å². The van der Waals surface area contributed by atoms with Crippen molar-refractivity contribution in [3.63, 3.8) is 0 Å². The van der Waals surface area contributed by atoms with Crippen LogP contribution in [0.25, 0.3) is 5.69 Å². The van der Waals surface area contributed by atoms with Crippen molar-refractivity contribution in [1.82, 2.24) is 4.57 Å². The summed E-state index contributed by atoms with van der Waals surface area (Å²) in [5.74, 6) is -1.75. The van der Waals surface area contributed by atoms with Crippen molar-refractivity contribution in [3.05, 3.63) is 82.5 Å². The zero-order valence-electron chi connectivity index (χ0n) is 18.3. The summed E-state index contributed by atoms with van der Waals surface area (Å²) >= 11 is 0. The molecule has 174 valence electrons. The Hall–Kier alpha value is -3.42. The number of benzene rings is 2. The summed E-state index contributed by atoms with van der Waals surface area (Å²) in [6.45, 7) is 2.12. The van der Waals surface area contributed by atoms with E-state index in [1.165, 1.54) is 29.9 Å². The van der Waals surface area contributed by atoms with Crippen LogP contribution in [0.3, 0.4) is 0 Å². The van der Waals surface area contributed by atoms with Gasteiger partial charge in [-0.15, -0.1) is 0 Å². The minimum Gasteiger partial charge on any atom is -0.493 e. The molecule has 1 aliphatic rings. The Balaban J connectivity index is 1.44. The monoisotopic (exact) mass is 459 g/mol. The Bertz CT molecular complexity index is 1180. The van der Waals surface area contributed by atoms with Gasteiger partial charge in [-0.1, -0.05) is 19.1 Å². The molecule has 0 unspecified atom stereocenters. The fourth-order valence-corrected chi connectivity index (χ4v) is 3.99. The van der Waals surface area contributed by atoms with Gasteiger partial charge >= 0.3 is 0 Å². The van der Waals surface area contributed by atoms with Gasteiger partial charge in [0.05, 0.1) is 19.4 Å². The second kappa shape index (κ2) is 8.84. The lowest BCUT2D eigenvalue weighted by Gasteiger charge is -2.44. The lowest BCUT2D eigenvalue weighted by Crippen LogP contribution is -2.47. The minimum absolute atomic E-state index is 0.151. The maximum Gasteiger partial charge on any atom is 0.258 e. The molecule has 33 heavy (non-hydrogen) atoms. The fourth-order valence-electron chi connectivity index (χ4n) is 3.99. The van der Waals surface area contributed by atoms with E-state index in [9.17, 15) is 18.0 Å². The van der Waals surface area contributed by atoms with Gasteiger partial charge in [-0.05, 0) is 35.9 Å². The van der Waals surface area contributed by atoms with Crippen LogP contribution in [0.2, 0.25) is 0 Å². The molecule has 0 spiro atoms. The van der Waals surface area contributed by atoms with Crippen LogP contribution in [-0.2, 0) is 6.61 Å². The first-order chi connectivity index (χ1) is 15.7. The summed E-state index contributed by atoms with van der Waals surface area (Å²) in [5.41, 5.74) is 0.441. The fraction of sp³-hybridized carbons (Fsp3) is 0.320. The average molecular weight is 459 g/mol. The molecule has 0 N–H and O–H groups in total. The lowest BCUT2D eigenvalue weighted by atomic mass is 9.68. The summed E-state index contributed by atoms with van der Waals surface area (Å²) in [6.07, 6.45) is 1.17. The molecule has 0 atom stereocenters. The van der Waals surface area contributed by atoms with E-state index in [4.69, 9.17) is 14.2 Å². The molecular formula is C25H24F3NO4. The van der Waals surface area contributed by atoms with Gasteiger partial charge in [0.25, 0.3) is 5.56 Å². The number of nitrogens with zero attached hydrogens (tertiary/aromatic N) is 1. The predicted molar refractivity (Wildman–Crippen MR) is 117 cm³/mol. The van der Waals surface area contributed by atoms with Crippen molar-refractivity contribution >= 4 is 0 Å². The Morgan fingerprint density at radius 3 is 2.33 bits per heavy atom. The molecule has 1 heterocycles. The summed E-state index contributed by atoms with van der Waals surface area (Å²) in [4.78, 5) is 12.6. The van der Waals surface area contributed by atoms with Crippen molar-refractivity contribution in [2.75, 3.05) is 13.7 Å². The standard InChI is InChI=1S/C25H24F3NO4/c1-24(14-25(27,28)15-24)16-33-21-8-7-19(11-22(21)31-2)29-10-9-20(12-23(29)30)32-13-17-3-5-18(26)6-4-17/h3-12H,13-16H2,1-2H3. The highest BCUT2D eigenvalue weighted by Crippen LogP contribution is 2.52. The first-order valence-corrected chi connectivity index (χ1v) is 10.5. The van der Waals surface area contributed by atoms with E-state index in [-0.39, 0.29) is 37.4 Å². The van der Waals surface area contributed by atoms with Crippen molar-refractivity contribution in [3.8, 4) is 22.9 Å². The second-order valence-electron chi connectivity index (χ2n) is 8.63. The van der Waals surface area contributed by atoms with Crippen molar-refractivity contribution < 1.29 is 27.4 Å². The maximum absolute atomic E-state index is 13.2. The van der Waals surface area contributed by atoms with Crippen LogP contribution in [0.1, 0.15) is 25.3 Å². The molecule has 2 aromatic carbocycles. The molecule has 5 nitrogen and oxygen atoms in total. The molecule has 1 aliphatic carbocycles. The summed E-state index contributed by atoms with van der Waals surface area (Å²) in [5, 5.41) is 0. The summed E-state index contributed by atoms with van der Waals surface area (Å²) < 4.78 is 57.6. The maximum atomic E-state index is 13.2. The van der Waals surface area contributed by atoms with Crippen LogP contribution in [0, 0.1) is 11.2 Å². The van der Waals surface area contributed by atoms with Crippen molar-refractivity contribution in [2.24, 2.45) is 5.41 Å². The van der Waals surface area contributed by atoms with Crippen LogP contribution in [0.5, 0.6) is 17.2 Å². The van der Waals surface area contributed by atoms with Gasteiger partial charge in [-0.25, -0.2) is 13.2 Å². The number of ether oxygens (including phenoxy) is 3. The zero-order chi connectivity index (χ0) is 23.6. The second-order valence-corrected chi connectivity index (χ2v) is 8.63. The molecule has 0 bridgehead atoms. The van der Waals surface area contributed by atoms with Crippen LogP contribution in [0.4, 0.5) is 13.2 Å². The lowest BCUT2D eigenvalue weighted by molar-refractivity contribution is -0.164. The first-order valence-electron chi connectivity index (χ1n) is 10.5. The molecule has 0 radical (unpaired) electrons. The predicted octanol–water partition coefficient (Wildman–Crippen LogP) is 5.38. The van der Waals surface area contributed by atoms with E-state index in [2.05, 4.69) is 0 Å². The third-order valence-electron chi connectivity index (χ3n) is 5.58. The average Bonchev–Trinajstić information content (AvgIpc) is 2.76. The highest BCUT2D eigenvalue weighted by molar-refractivity contribution is 5.49. The Morgan fingerprint density at radius 2 is 1.70 bits per heavy atom. The molecule has 0 amide bonds. The van der Waals surface area contributed by atoms with Crippen LogP contribution < -0.4 is 19.8 Å². The number of methoxy groups -OCH3 is 1. The first kappa shape index (κ1) is 22.8.